The summed E-state index contributed by atoms with van der Waals surface area (Å²) in [5.41, 5.74) is 21.4. The number of aliphatic carboxylic acids is 1. The molecule has 0 aliphatic heterocycles. The SMILES string of the molecule is NCCCCC(NC(=O)C(CO)NC(=O)CNC(=O)C(N)CCCN=C(N)N)C(=O)O. The van der Waals surface area contributed by atoms with Crippen LogP contribution >= 0.6 is 0 Å². The number of carbonyl (C=O) groups excluding carboxylic acids is 3. The Kier molecular flexibility index (Phi) is 14.3. The van der Waals surface area contributed by atoms with Gasteiger partial charge in [0.15, 0.2) is 5.96 Å². The molecule has 14 nitrogen and oxygen atoms in total. The maximum atomic E-state index is 12.2. The van der Waals surface area contributed by atoms with E-state index in [0.29, 0.717) is 32.4 Å². The van der Waals surface area contributed by atoms with Crippen LogP contribution < -0.4 is 38.9 Å². The minimum atomic E-state index is -1.38. The van der Waals surface area contributed by atoms with E-state index in [1.165, 1.54) is 0 Å². The number of rotatable bonds is 16. The molecule has 3 amide bonds. The minimum Gasteiger partial charge on any atom is -0.480 e. The van der Waals surface area contributed by atoms with E-state index in [2.05, 4.69) is 20.9 Å². The normalized spacial score (nSPS) is 13.4. The van der Waals surface area contributed by atoms with E-state index >= 15 is 0 Å². The predicted octanol–water partition coefficient (Wildman–Crippen LogP) is -4.34. The quantitative estimate of drug-likeness (QED) is 0.0624. The van der Waals surface area contributed by atoms with Gasteiger partial charge in [0.1, 0.15) is 12.1 Å². The Morgan fingerprint density at radius 3 is 2.16 bits per heavy atom. The number of carboxylic acid groups (broad SMARTS) is 1. The second-order valence-electron chi connectivity index (χ2n) is 6.76. The Morgan fingerprint density at radius 2 is 1.61 bits per heavy atom. The molecule has 0 radical (unpaired) electrons. The molecule has 0 spiro atoms. The smallest absolute Gasteiger partial charge is 0.326 e. The Balaban J connectivity index is 4.48. The minimum absolute atomic E-state index is 0.0672. The predicted molar refractivity (Wildman–Crippen MR) is 112 cm³/mol. The van der Waals surface area contributed by atoms with Crippen LogP contribution in [0.25, 0.3) is 0 Å². The number of carbonyl (C=O) groups is 4. The average Bonchev–Trinajstić information content (AvgIpc) is 2.71. The van der Waals surface area contributed by atoms with Crippen molar-refractivity contribution in [3.63, 3.8) is 0 Å². The van der Waals surface area contributed by atoms with Gasteiger partial charge >= 0.3 is 5.97 Å². The van der Waals surface area contributed by atoms with E-state index in [4.69, 9.17) is 22.9 Å². The van der Waals surface area contributed by atoms with Crippen molar-refractivity contribution in [2.24, 2.45) is 27.9 Å². The summed E-state index contributed by atoms with van der Waals surface area (Å²) in [6, 6.07) is -3.44. The van der Waals surface area contributed by atoms with Gasteiger partial charge in [-0.2, -0.15) is 0 Å². The third-order valence-electron chi connectivity index (χ3n) is 4.12. The highest BCUT2D eigenvalue weighted by Crippen LogP contribution is 2.01. The van der Waals surface area contributed by atoms with Gasteiger partial charge in [0.2, 0.25) is 17.7 Å². The lowest BCUT2D eigenvalue weighted by Gasteiger charge is -2.20. The first-order valence-electron chi connectivity index (χ1n) is 9.84. The second-order valence-corrected chi connectivity index (χ2v) is 6.76. The number of nitrogens with zero attached hydrogens (tertiary/aromatic N) is 1. The van der Waals surface area contributed by atoms with Crippen molar-refractivity contribution in [1.29, 1.82) is 0 Å². The van der Waals surface area contributed by atoms with E-state index < -0.39 is 55.0 Å². The summed E-state index contributed by atoms with van der Waals surface area (Å²) in [6.07, 6.45) is 1.98. The highest BCUT2D eigenvalue weighted by molar-refractivity contribution is 5.92. The third-order valence-corrected chi connectivity index (χ3v) is 4.12. The molecular formula is C17H34N8O6. The lowest BCUT2D eigenvalue weighted by atomic mass is 10.1. The van der Waals surface area contributed by atoms with Gasteiger partial charge in [-0.3, -0.25) is 19.4 Å². The molecule has 0 saturated heterocycles. The molecular weight excluding hydrogens is 412 g/mol. The largest absolute Gasteiger partial charge is 0.480 e. The van der Waals surface area contributed by atoms with Gasteiger partial charge in [0, 0.05) is 6.54 Å². The van der Waals surface area contributed by atoms with Crippen molar-refractivity contribution in [3.8, 4) is 0 Å². The number of aliphatic imine (C=N–C) groups is 1. The molecule has 0 aromatic rings. The number of hydrogen-bond donors (Lipinski definition) is 9. The Bertz CT molecular complexity index is 626. The van der Waals surface area contributed by atoms with E-state index in [-0.39, 0.29) is 18.8 Å². The van der Waals surface area contributed by atoms with Crippen molar-refractivity contribution < 1.29 is 29.4 Å². The van der Waals surface area contributed by atoms with Crippen LogP contribution in [0.4, 0.5) is 0 Å². The molecule has 0 saturated carbocycles. The van der Waals surface area contributed by atoms with Gasteiger partial charge in [-0.05, 0) is 38.6 Å². The molecule has 31 heavy (non-hydrogen) atoms. The first-order valence-corrected chi connectivity index (χ1v) is 9.84. The van der Waals surface area contributed by atoms with Crippen molar-refractivity contribution in [1.82, 2.24) is 16.0 Å². The summed E-state index contributed by atoms with van der Waals surface area (Å²) < 4.78 is 0. The first kappa shape index (κ1) is 28.0. The number of aliphatic hydroxyl groups excluding tert-OH is 1. The van der Waals surface area contributed by atoms with Gasteiger partial charge in [-0.15, -0.1) is 0 Å². The topological polar surface area (TPSA) is 261 Å². The molecule has 0 aliphatic carbocycles. The molecule has 178 valence electrons. The molecule has 13 N–H and O–H groups in total. The van der Waals surface area contributed by atoms with Crippen LogP contribution in [-0.4, -0.2) is 84.2 Å². The second kappa shape index (κ2) is 15.8. The number of nitrogens with two attached hydrogens (primary N) is 4. The van der Waals surface area contributed by atoms with Gasteiger partial charge in [-0.1, -0.05) is 0 Å². The molecule has 14 heteroatoms. The number of unbranched alkanes of at least 4 members (excludes halogenated alkanes) is 1. The third kappa shape index (κ3) is 13.0. The molecule has 3 atom stereocenters. The Hall–Kier alpha value is -2.97. The average molecular weight is 447 g/mol. The van der Waals surface area contributed by atoms with Crippen molar-refractivity contribution in [2.75, 3.05) is 26.2 Å². The fourth-order valence-electron chi connectivity index (χ4n) is 2.41. The zero-order valence-electron chi connectivity index (χ0n) is 17.4. The number of hydrogen-bond acceptors (Lipinski definition) is 8. The van der Waals surface area contributed by atoms with E-state index in [1.54, 1.807) is 0 Å². The van der Waals surface area contributed by atoms with Crippen LogP contribution in [0.15, 0.2) is 4.99 Å². The molecule has 0 bridgehead atoms. The van der Waals surface area contributed by atoms with Crippen molar-refractivity contribution in [3.05, 3.63) is 0 Å². The maximum Gasteiger partial charge on any atom is 0.326 e. The number of carboxylic acids is 1. The summed E-state index contributed by atoms with van der Waals surface area (Å²) in [6.45, 7) is -0.546. The van der Waals surface area contributed by atoms with Gasteiger partial charge in [-0.25, -0.2) is 4.79 Å². The number of guanidine groups is 1. The van der Waals surface area contributed by atoms with E-state index in [9.17, 15) is 29.4 Å². The van der Waals surface area contributed by atoms with Crippen LogP contribution in [-0.2, 0) is 19.2 Å². The van der Waals surface area contributed by atoms with Crippen molar-refractivity contribution >= 4 is 29.7 Å². The standard InChI is InChI=1S/C17H34N8O6/c18-6-2-1-5-11(16(30)31)25-15(29)12(9-26)24-13(27)8-23-14(28)10(19)4-3-7-22-17(20)21/h10-12,26H,1-9,18-19H2,(H,23,28)(H,24,27)(H,25,29)(H,30,31)(H4,20,21,22). The maximum absolute atomic E-state index is 12.2. The number of amides is 3. The summed E-state index contributed by atoms with van der Waals surface area (Å²) in [7, 11) is 0. The monoisotopic (exact) mass is 446 g/mol. The Morgan fingerprint density at radius 1 is 0.935 bits per heavy atom. The summed E-state index contributed by atoms with van der Waals surface area (Å²) in [4.78, 5) is 51.1. The molecule has 0 heterocycles. The highest BCUT2D eigenvalue weighted by Gasteiger charge is 2.26. The summed E-state index contributed by atoms with van der Waals surface area (Å²) in [5, 5.41) is 25.3. The first-order chi connectivity index (χ1) is 14.6. The lowest BCUT2D eigenvalue weighted by Crippen LogP contribution is -2.55. The molecule has 3 unspecified atom stereocenters. The van der Waals surface area contributed by atoms with Gasteiger partial charge in [0.25, 0.3) is 0 Å². The van der Waals surface area contributed by atoms with E-state index in [0.717, 1.165) is 0 Å². The number of nitrogens with one attached hydrogen (secondary N) is 3. The van der Waals surface area contributed by atoms with Crippen LogP contribution in [0.3, 0.4) is 0 Å². The molecule has 0 aromatic heterocycles. The Labute approximate surface area is 180 Å². The highest BCUT2D eigenvalue weighted by atomic mass is 16.4. The van der Waals surface area contributed by atoms with Gasteiger partial charge in [0.05, 0.1) is 19.2 Å². The van der Waals surface area contributed by atoms with E-state index in [1.807, 2.05) is 0 Å². The van der Waals surface area contributed by atoms with Crippen LogP contribution in [0, 0.1) is 0 Å². The van der Waals surface area contributed by atoms with Gasteiger partial charge < -0.3 is 49.1 Å². The lowest BCUT2D eigenvalue weighted by molar-refractivity contribution is -0.142. The molecule has 0 fully saturated rings. The fourth-order valence-corrected chi connectivity index (χ4v) is 2.41. The van der Waals surface area contributed by atoms with Crippen LogP contribution in [0.2, 0.25) is 0 Å². The van der Waals surface area contributed by atoms with Crippen molar-refractivity contribution in [2.45, 2.75) is 50.2 Å². The summed E-state index contributed by atoms with van der Waals surface area (Å²) in [5.74, 6) is -3.52. The van der Waals surface area contributed by atoms with Crippen LogP contribution in [0.1, 0.15) is 32.1 Å². The zero-order valence-corrected chi connectivity index (χ0v) is 17.4. The fraction of sp³-hybridized carbons (Fsp3) is 0.706. The molecule has 0 aromatic carbocycles. The molecule has 0 aliphatic rings. The summed E-state index contributed by atoms with van der Waals surface area (Å²) >= 11 is 0. The zero-order chi connectivity index (χ0) is 23.8. The number of aliphatic hydroxyl groups is 1. The molecule has 0 rings (SSSR count). The van der Waals surface area contributed by atoms with Crippen LogP contribution in [0.5, 0.6) is 0 Å².